The smallest absolute Gasteiger partial charge is 0.134 e. The van der Waals surface area contributed by atoms with Gasteiger partial charge in [0.1, 0.15) is 23.1 Å². The number of benzene rings is 3. The lowest BCUT2D eigenvalue weighted by Crippen LogP contribution is -2.45. The minimum Gasteiger partial charge on any atom is -0.497 e. The van der Waals surface area contributed by atoms with Crippen LogP contribution in [0, 0.1) is 5.82 Å². The van der Waals surface area contributed by atoms with Crippen LogP contribution in [0.1, 0.15) is 45.2 Å². The molecule has 4 nitrogen and oxygen atoms in total. The maximum atomic E-state index is 15.1. The van der Waals surface area contributed by atoms with Crippen molar-refractivity contribution in [2.24, 2.45) is 4.99 Å². The second-order valence-corrected chi connectivity index (χ2v) is 9.05. The standard InChI is InChI=1S/C29H31FN2O2/c1-6-15-32-28-17-27(30)21(16-26(28)20(2)18-29(32,3)4)19-31-22-7-9-24(10-8-22)34-25-13-11-23(33-5)12-14-25/h7-14,16-19H,6,15H2,1-5H3. The molecule has 0 fully saturated rings. The van der Waals surface area contributed by atoms with Gasteiger partial charge < -0.3 is 14.4 Å². The minimum absolute atomic E-state index is 0.148. The van der Waals surface area contributed by atoms with Gasteiger partial charge in [0.25, 0.3) is 0 Å². The molecule has 34 heavy (non-hydrogen) atoms. The summed E-state index contributed by atoms with van der Waals surface area (Å²) >= 11 is 0. The Bertz CT molecular complexity index is 1210. The Hall–Kier alpha value is -3.60. The van der Waals surface area contributed by atoms with Crippen LogP contribution in [-0.2, 0) is 0 Å². The van der Waals surface area contributed by atoms with Gasteiger partial charge in [-0.2, -0.15) is 0 Å². The summed E-state index contributed by atoms with van der Waals surface area (Å²) in [7, 11) is 1.63. The molecule has 0 saturated carbocycles. The zero-order valence-electron chi connectivity index (χ0n) is 20.4. The second-order valence-electron chi connectivity index (χ2n) is 9.05. The number of aliphatic imine (C=N–C) groups is 1. The van der Waals surface area contributed by atoms with Crippen LogP contribution in [0.3, 0.4) is 0 Å². The maximum Gasteiger partial charge on any atom is 0.134 e. The molecule has 0 aliphatic carbocycles. The first kappa shape index (κ1) is 23.6. The lowest BCUT2D eigenvalue weighted by Gasteiger charge is -2.43. The predicted molar refractivity (Wildman–Crippen MR) is 139 cm³/mol. The molecule has 1 heterocycles. The Morgan fingerprint density at radius 2 is 1.59 bits per heavy atom. The fourth-order valence-corrected chi connectivity index (χ4v) is 4.37. The topological polar surface area (TPSA) is 34.1 Å². The summed E-state index contributed by atoms with van der Waals surface area (Å²) in [6, 6.07) is 18.3. The number of fused-ring (bicyclic) bond motifs is 1. The number of methoxy groups -OCH3 is 1. The highest BCUT2D eigenvalue weighted by Crippen LogP contribution is 2.40. The lowest BCUT2D eigenvalue weighted by molar-refractivity contribution is 0.413. The molecule has 5 heteroatoms. The van der Waals surface area contributed by atoms with E-state index in [-0.39, 0.29) is 11.4 Å². The predicted octanol–water partition coefficient (Wildman–Crippen LogP) is 7.79. The third kappa shape index (κ3) is 4.98. The van der Waals surface area contributed by atoms with E-state index in [1.165, 1.54) is 0 Å². The second kappa shape index (κ2) is 9.72. The highest BCUT2D eigenvalue weighted by molar-refractivity contribution is 5.89. The highest BCUT2D eigenvalue weighted by Gasteiger charge is 2.31. The molecule has 0 N–H and O–H groups in total. The highest BCUT2D eigenvalue weighted by atomic mass is 19.1. The molecule has 0 aromatic heterocycles. The number of anilines is 1. The van der Waals surface area contributed by atoms with Crippen molar-refractivity contribution in [3.63, 3.8) is 0 Å². The van der Waals surface area contributed by atoms with E-state index in [1.54, 1.807) is 19.4 Å². The molecule has 0 amide bonds. The van der Waals surface area contributed by atoms with Crippen LogP contribution in [0.4, 0.5) is 15.8 Å². The lowest BCUT2D eigenvalue weighted by atomic mass is 9.87. The molecule has 176 valence electrons. The Morgan fingerprint density at radius 1 is 0.971 bits per heavy atom. The van der Waals surface area contributed by atoms with Crippen molar-refractivity contribution in [2.75, 3.05) is 18.6 Å². The van der Waals surface area contributed by atoms with Gasteiger partial charge in [-0.3, -0.25) is 4.99 Å². The maximum absolute atomic E-state index is 15.1. The van der Waals surface area contributed by atoms with E-state index < -0.39 is 0 Å². The Balaban J connectivity index is 1.53. The molecule has 0 spiro atoms. The van der Waals surface area contributed by atoms with Crippen LogP contribution in [0.5, 0.6) is 17.2 Å². The van der Waals surface area contributed by atoms with Crippen molar-refractivity contribution >= 4 is 23.2 Å². The summed E-state index contributed by atoms with van der Waals surface area (Å²) in [5.74, 6) is 1.92. The van der Waals surface area contributed by atoms with Crippen LogP contribution in [0.15, 0.2) is 71.7 Å². The van der Waals surface area contributed by atoms with Crippen molar-refractivity contribution in [1.82, 2.24) is 0 Å². The monoisotopic (exact) mass is 458 g/mol. The largest absolute Gasteiger partial charge is 0.497 e. The SMILES string of the molecule is CCCN1c2cc(F)c(C=Nc3ccc(Oc4ccc(OC)cc4)cc3)cc2C(C)=CC1(C)C. The number of hydrogen-bond acceptors (Lipinski definition) is 4. The molecule has 0 atom stereocenters. The van der Waals surface area contributed by atoms with E-state index in [0.717, 1.165) is 47.0 Å². The average molecular weight is 459 g/mol. The Labute approximate surface area is 201 Å². The molecule has 0 unspecified atom stereocenters. The molecule has 4 rings (SSSR count). The van der Waals surface area contributed by atoms with E-state index in [0.29, 0.717) is 11.3 Å². The van der Waals surface area contributed by atoms with Crippen LogP contribution in [0.2, 0.25) is 0 Å². The first-order chi connectivity index (χ1) is 16.3. The fourth-order valence-electron chi connectivity index (χ4n) is 4.37. The van der Waals surface area contributed by atoms with Gasteiger partial charge in [0, 0.05) is 29.6 Å². The summed E-state index contributed by atoms with van der Waals surface area (Å²) in [5, 5.41) is 0. The van der Waals surface area contributed by atoms with E-state index in [2.05, 4.69) is 43.7 Å². The molecular formula is C29H31FN2O2. The fraction of sp³-hybridized carbons (Fsp3) is 0.276. The van der Waals surface area contributed by atoms with Gasteiger partial charge in [-0.05, 0) is 93.4 Å². The molecule has 1 aliphatic rings. The van der Waals surface area contributed by atoms with Crippen LogP contribution >= 0.6 is 0 Å². The Morgan fingerprint density at radius 3 is 2.21 bits per heavy atom. The van der Waals surface area contributed by atoms with Gasteiger partial charge in [0.15, 0.2) is 0 Å². The number of halogens is 1. The molecule has 3 aromatic rings. The molecule has 3 aromatic carbocycles. The number of hydrogen-bond donors (Lipinski definition) is 0. The number of rotatable bonds is 7. The molecule has 1 aliphatic heterocycles. The molecule has 0 saturated heterocycles. The van der Waals surface area contributed by atoms with E-state index in [1.807, 2.05) is 54.6 Å². The van der Waals surface area contributed by atoms with Gasteiger partial charge in [-0.25, -0.2) is 4.39 Å². The first-order valence-electron chi connectivity index (χ1n) is 11.6. The number of ether oxygens (including phenoxy) is 2. The minimum atomic E-state index is -0.270. The van der Waals surface area contributed by atoms with Gasteiger partial charge in [-0.1, -0.05) is 13.0 Å². The van der Waals surface area contributed by atoms with E-state index >= 15 is 4.39 Å². The summed E-state index contributed by atoms with van der Waals surface area (Å²) in [4.78, 5) is 6.77. The summed E-state index contributed by atoms with van der Waals surface area (Å²) in [6.45, 7) is 9.45. The molecule has 0 radical (unpaired) electrons. The van der Waals surface area contributed by atoms with Gasteiger partial charge in [0.2, 0.25) is 0 Å². The van der Waals surface area contributed by atoms with Gasteiger partial charge in [0.05, 0.1) is 18.3 Å². The summed E-state index contributed by atoms with van der Waals surface area (Å²) < 4.78 is 26.1. The molecular weight excluding hydrogens is 427 g/mol. The van der Waals surface area contributed by atoms with Crippen LogP contribution in [-0.4, -0.2) is 25.4 Å². The first-order valence-corrected chi connectivity index (χ1v) is 11.6. The Kier molecular flexibility index (Phi) is 6.73. The van der Waals surface area contributed by atoms with Crippen molar-refractivity contribution in [1.29, 1.82) is 0 Å². The van der Waals surface area contributed by atoms with Crippen molar-refractivity contribution in [3.8, 4) is 17.2 Å². The van der Waals surface area contributed by atoms with Gasteiger partial charge >= 0.3 is 0 Å². The number of nitrogens with zero attached hydrogens (tertiary/aromatic N) is 2. The van der Waals surface area contributed by atoms with Crippen molar-refractivity contribution in [2.45, 2.75) is 39.7 Å². The van der Waals surface area contributed by atoms with Gasteiger partial charge in [-0.15, -0.1) is 0 Å². The van der Waals surface area contributed by atoms with Crippen molar-refractivity contribution < 1.29 is 13.9 Å². The van der Waals surface area contributed by atoms with Crippen molar-refractivity contribution in [3.05, 3.63) is 83.7 Å². The van der Waals surface area contributed by atoms with E-state index in [4.69, 9.17) is 9.47 Å². The van der Waals surface area contributed by atoms with E-state index in [9.17, 15) is 0 Å². The van der Waals surface area contributed by atoms with Crippen LogP contribution in [0.25, 0.3) is 5.57 Å². The summed E-state index contributed by atoms with van der Waals surface area (Å²) in [5.41, 5.74) is 4.20. The molecule has 0 bridgehead atoms. The third-order valence-corrected chi connectivity index (χ3v) is 6.03. The quantitative estimate of drug-likeness (QED) is 0.339. The summed E-state index contributed by atoms with van der Waals surface area (Å²) in [6.07, 6.45) is 4.84. The normalized spacial score (nSPS) is 14.6. The average Bonchev–Trinajstić information content (AvgIpc) is 2.82. The number of allylic oxidation sites excluding steroid dienone is 1. The van der Waals surface area contributed by atoms with Crippen LogP contribution < -0.4 is 14.4 Å². The zero-order valence-corrected chi connectivity index (χ0v) is 20.4. The third-order valence-electron chi connectivity index (χ3n) is 6.03. The zero-order chi connectivity index (χ0) is 24.3.